The zero-order valence-corrected chi connectivity index (χ0v) is 11.7. The van der Waals surface area contributed by atoms with Gasteiger partial charge < -0.3 is 14.8 Å². The number of carbonyl (C=O) groups is 2. The molecule has 1 aromatic rings. The maximum absolute atomic E-state index is 11.6. The quantitative estimate of drug-likeness (QED) is 0.872. The Morgan fingerprint density at radius 2 is 2.00 bits per heavy atom. The van der Waals surface area contributed by atoms with Gasteiger partial charge in [0.25, 0.3) is 0 Å². The molecule has 1 aliphatic rings. The van der Waals surface area contributed by atoms with E-state index in [9.17, 15) is 9.59 Å². The van der Waals surface area contributed by atoms with E-state index < -0.39 is 17.8 Å². The van der Waals surface area contributed by atoms with Crippen molar-refractivity contribution >= 4 is 17.9 Å². The van der Waals surface area contributed by atoms with Crippen LogP contribution in [0, 0.1) is 0 Å². The number of alkyl carbamates (subject to hydrolysis) is 1. The normalized spacial score (nSPS) is 18.1. The predicted octanol–water partition coefficient (Wildman–Crippen LogP) is 2.81. The molecule has 1 saturated heterocycles. The van der Waals surface area contributed by atoms with Crippen LogP contribution in [0.15, 0.2) is 24.3 Å². The highest BCUT2D eigenvalue weighted by atomic mass is 16.6. The zero-order chi connectivity index (χ0) is 14.8. The first kappa shape index (κ1) is 14.2. The van der Waals surface area contributed by atoms with Gasteiger partial charge in [-0.1, -0.05) is 12.1 Å². The Balaban J connectivity index is 1.95. The van der Waals surface area contributed by atoms with E-state index in [0.29, 0.717) is 12.2 Å². The SMILES string of the molecule is CC(C)(C)OC(=O)Nc1ccc(C2CNC(=O)O2)cc1. The van der Waals surface area contributed by atoms with Crippen molar-refractivity contribution in [3.05, 3.63) is 29.8 Å². The summed E-state index contributed by atoms with van der Waals surface area (Å²) < 4.78 is 10.2. The smallest absolute Gasteiger partial charge is 0.412 e. The van der Waals surface area contributed by atoms with Crippen LogP contribution in [-0.4, -0.2) is 24.3 Å². The highest BCUT2D eigenvalue weighted by Gasteiger charge is 2.24. The van der Waals surface area contributed by atoms with Gasteiger partial charge in [-0.05, 0) is 38.5 Å². The molecule has 0 spiro atoms. The molecule has 1 aliphatic heterocycles. The second-order valence-corrected chi connectivity index (χ2v) is 5.52. The topological polar surface area (TPSA) is 76.7 Å². The van der Waals surface area contributed by atoms with Crippen molar-refractivity contribution in [2.45, 2.75) is 32.5 Å². The molecule has 2 rings (SSSR count). The lowest BCUT2D eigenvalue weighted by Crippen LogP contribution is -2.27. The van der Waals surface area contributed by atoms with Gasteiger partial charge in [-0.25, -0.2) is 9.59 Å². The fourth-order valence-electron chi connectivity index (χ4n) is 1.78. The average molecular weight is 278 g/mol. The Morgan fingerprint density at radius 3 is 2.50 bits per heavy atom. The predicted molar refractivity (Wildman–Crippen MR) is 73.5 cm³/mol. The maximum atomic E-state index is 11.6. The number of nitrogens with one attached hydrogen (secondary N) is 2. The van der Waals surface area contributed by atoms with Crippen LogP contribution >= 0.6 is 0 Å². The molecule has 1 heterocycles. The fraction of sp³-hybridized carbons (Fsp3) is 0.429. The van der Waals surface area contributed by atoms with Crippen molar-refractivity contribution < 1.29 is 19.1 Å². The van der Waals surface area contributed by atoms with Crippen LogP contribution in [-0.2, 0) is 9.47 Å². The third kappa shape index (κ3) is 3.88. The lowest BCUT2D eigenvalue weighted by molar-refractivity contribution is 0.0636. The molecule has 0 aromatic heterocycles. The minimum absolute atomic E-state index is 0.280. The van der Waals surface area contributed by atoms with E-state index in [1.54, 1.807) is 45.0 Å². The van der Waals surface area contributed by atoms with Crippen molar-refractivity contribution in [3.8, 4) is 0 Å². The summed E-state index contributed by atoms with van der Waals surface area (Å²) in [5.41, 5.74) is 0.965. The molecular weight excluding hydrogens is 260 g/mol. The molecule has 0 radical (unpaired) electrons. The van der Waals surface area contributed by atoms with Crippen molar-refractivity contribution in [2.75, 3.05) is 11.9 Å². The van der Waals surface area contributed by atoms with Crippen molar-refractivity contribution in [1.29, 1.82) is 0 Å². The maximum Gasteiger partial charge on any atom is 0.412 e. The Kier molecular flexibility index (Phi) is 3.83. The van der Waals surface area contributed by atoms with E-state index in [1.165, 1.54) is 0 Å². The number of carbonyl (C=O) groups excluding carboxylic acids is 2. The second kappa shape index (κ2) is 5.40. The van der Waals surface area contributed by atoms with Gasteiger partial charge in [0, 0.05) is 5.69 Å². The largest absolute Gasteiger partial charge is 0.444 e. The molecular formula is C14H18N2O4. The first-order valence-electron chi connectivity index (χ1n) is 6.38. The van der Waals surface area contributed by atoms with Gasteiger partial charge in [-0.2, -0.15) is 0 Å². The number of ether oxygens (including phenoxy) is 2. The van der Waals surface area contributed by atoms with E-state index >= 15 is 0 Å². The van der Waals surface area contributed by atoms with E-state index in [0.717, 1.165) is 5.56 Å². The van der Waals surface area contributed by atoms with E-state index in [2.05, 4.69) is 10.6 Å². The molecule has 1 fully saturated rings. The fourth-order valence-corrected chi connectivity index (χ4v) is 1.78. The summed E-state index contributed by atoms with van der Waals surface area (Å²) in [6.07, 6.45) is -1.19. The zero-order valence-electron chi connectivity index (χ0n) is 11.7. The minimum atomic E-state index is -0.534. The Bertz CT molecular complexity index is 505. The van der Waals surface area contributed by atoms with E-state index in [-0.39, 0.29) is 6.10 Å². The minimum Gasteiger partial charge on any atom is -0.444 e. The molecule has 2 amide bonds. The summed E-state index contributed by atoms with van der Waals surface area (Å²) in [4.78, 5) is 22.6. The monoisotopic (exact) mass is 278 g/mol. The van der Waals surface area contributed by atoms with Gasteiger partial charge in [-0.3, -0.25) is 5.32 Å². The summed E-state index contributed by atoms with van der Waals surface area (Å²) in [6.45, 7) is 5.86. The first-order chi connectivity index (χ1) is 9.33. The molecule has 20 heavy (non-hydrogen) atoms. The van der Waals surface area contributed by atoms with Crippen molar-refractivity contribution in [1.82, 2.24) is 5.32 Å². The van der Waals surface area contributed by atoms with Crippen LogP contribution in [0.5, 0.6) is 0 Å². The van der Waals surface area contributed by atoms with Gasteiger partial charge in [-0.15, -0.1) is 0 Å². The molecule has 0 saturated carbocycles. The molecule has 1 aromatic carbocycles. The van der Waals surface area contributed by atoms with Gasteiger partial charge in [0.05, 0.1) is 6.54 Å². The van der Waals surface area contributed by atoms with Crippen molar-refractivity contribution in [3.63, 3.8) is 0 Å². The van der Waals surface area contributed by atoms with Crippen LogP contribution in [0.2, 0.25) is 0 Å². The van der Waals surface area contributed by atoms with Crippen molar-refractivity contribution in [2.24, 2.45) is 0 Å². The number of hydrogen-bond acceptors (Lipinski definition) is 4. The molecule has 108 valence electrons. The standard InChI is InChI=1S/C14H18N2O4/c1-14(2,3)20-13(18)16-10-6-4-9(5-7-10)11-8-15-12(17)19-11/h4-7,11H,8H2,1-3H3,(H,15,17)(H,16,18). The lowest BCUT2D eigenvalue weighted by Gasteiger charge is -2.19. The number of rotatable bonds is 2. The highest BCUT2D eigenvalue weighted by Crippen LogP contribution is 2.22. The molecule has 2 N–H and O–H groups in total. The Hall–Kier alpha value is -2.24. The number of anilines is 1. The summed E-state index contributed by atoms with van der Waals surface area (Å²) in [5.74, 6) is 0. The average Bonchev–Trinajstić information content (AvgIpc) is 2.74. The molecule has 6 nitrogen and oxygen atoms in total. The summed E-state index contributed by atoms with van der Waals surface area (Å²) in [6, 6.07) is 7.09. The number of hydrogen-bond donors (Lipinski definition) is 2. The van der Waals surface area contributed by atoms with Gasteiger partial charge in [0.15, 0.2) is 0 Å². The van der Waals surface area contributed by atoms with Crippen LogP contribution in [0.3, 0.4) is 0 Å². The Morgan fingerprint density at radius 1 is 1.35 bits per heavy atom. The number of cyclic esters (lactones) is 1. The second-order valence-electron chi connectivity index (χ2n) is 5.52. The third-order valence-corrected chi connectivity index (χ3v) is 2.61. The summed E-state index contributed by atoms with van der Waals surface area (Å²) >= 11 is 0. The number of amides is 2. The van der Waals surface area contributed by atoms with E-state index in [4.69, 9.17) is 9.47 Å². The van der Waals surface area contributed by atoms with Gasteiger partial charge in [0.1, 0.15) is 11.7 Å². The third-order valence-electron chi connectivity index (χ3n) is 2.61. The van der Waals surface area contributed by atoms with Crippen LogP contribution in [0.4, 0.5) is 15.3 Å². The Labute approximate surface area is 117 Å². The lowest BCUT2D eigenvalue weighted by atomic mass is 10.1. The van der Waals surface area contributed by atoms with Crippen LogP contribution in [0.1, 0.15) is 32.4 Å². The molecule has 1 unspecified atom stereocenters. The van der Waals surface area contributed by atoms with E-state index in [1.807, 2.05) is 0 Å². The van der Waals surface area contributed by atoms with Crippen LogP contribution in [0.25, 0.3) is 0 Å². The number of benzene rings is 1. The molecule has 0 bridgehead atoms. The summed E-state index contributed by atoms with van der Waals surface area (Å²) in [5, 5.41) is 5.23. The highest BCUT2D eigenvalue weighted by molar-refractivity contribution is 5.84. The molecule has 0 aliphatic carbocycles. The van der Waals surface area contributed by atoms with Crippen LogP contribution < -0.4 is 10.6 Å². The first-order valence-corrected chi connectivity index (χ1v) is 6.38. The molecule has 1 atom stereocenters. The van der Waals surface area contributed by atoms with Gasteiger partial charge in [0.2, 0.25) is 0 Å². The van der Waals surface area contributed by atoms with Gasteiger partial charge >= 0.3 is 12.2 Å². The summed E-state index contributed by atoms with van der Waals surface area (Å²) in [7, 11) is 0. The molecule has 6 heteroatoms.